The molecular formula is C20H15ClN4O4. The minimum absolute atomic E-state index is 0.0550. The number of hydrogen-bond acceptors (Lipinski definition) is 7. The fourth-order valence-corrected chi connectivity index (χ4v) is 2.84. The number of rotatable bonds is 6. The molecule has 0 spiro atoms. The number of esters is 1. The highest BCUT2D eigenvalue weighted by Gasteiger charge is 2.12. The molecule has 4 rings (SSSR count). The van der Waals surface area contributed by atoms with Crippen LogP contribution in [0.3, 0.4) is 0 Å². The lowest BCUT2D eigenvalue weighted by molar-refractivity contribution is -0.145. The summed E-state index contributed by atoms with van der Waals surface area (Å²) < 4.78 is 10.3. The number of nitrogens with zero attached hydrogens (tertiary/aromatic N) is 3. The zero-order valence-electron chi connectivity index (χ0n) is 15.1. The monoisotopic (exact) mass is 410 g/mol. The Morgan fingerprint density at radius 3 is 2.72 bits per heavy atom. The number of aromatic amines is 1. The third-order valence-corrected chi connectivity index (χ3v) is 4.41. The highest BCUT2D eigenvalue weighted by Crippen LogP contribution is 2.19. The van der Waals surface area contributed by atoms with Crippen LogP contribution < -0.4 is 5.56 Å². The number of benzene rings is 2. The maximum Gasteiger partial charge on any atom is 0.306 e. The molecule has 8 nitrogen and oxygen atoms in total. The first-order valence-corrected chi connectivity index (χ1v) is 9.18. The highest BCUT2D eigenvalue weighted by atomic mass is 35.5. The summed E-state index contributed by atoms with van der Waals surface area (Å²) in [4.78, 5) is 35.3. The minimum Gasteiger partial charge on any atom is -0.456 e. The van der Waals surface area contributed by atoms with E-state index in [0.717, 1.165) is 5.56 Å². The van der Waals surface area contributed by atoms with E-state index in [2.05, 4.69) is 20.1 Å². The van der Waals surface area contributed by atoms with Crippen LogP contribution in [0.5, 0.6) is 0 Å². The molecule has 0 radical (unpaired) electrons. The fraction of sp³-hybridized carbons (Fsp3) is 0.150. The lowest BCUT2D eigenvalue weighted by Crippen LogP contribution is -2.14. The van der Waals surface area contributed by atoms with Gasteiger partial charge in [0.15, 0.2) is 6.61 Å². The van der Waals surface area contributed by atoms with Gasteiger partial charge in [-0.25, -0.2) is 4.98 Å². The molecule has 146 valence electrons. The number of nitrogens with one attached hydrogen (secondary N) is 1. The van der Waals surface area contributed by atoms with Crippen molar-refractivity contribution < 1.29 is 14.1 Å². The molecule has 0 aliphatic rings. The predicted molar refractivity (Wildman–Crippen MR) is 105 cm³/mol. The second-order valence-electron chi connectivity index (χ2n) is 6.21. The molecule has 0 aliphatic carbocycles. The van der Waals surface area contributed by atoms with Crippen molar-refractivity contribution in [2.45, 2.75) is 19.4 Å². The number of aromatic nitrogens is 4. The molecule has 0 unspecified atom stereocenters. The molecular weight excluding hydrogens is 396 g/mol. The van der Waals surface area contributed by atoms with Gasteiger partial charge in [0.1, 0.15) is 5.82 Å². The molecule has 2 aromatic heterocycles. The van der Waals surface area contributed by atoms with Gasteiger partial charge < -0.3 is 14.2 Å². The van der Waals surface area contributed by atoms with Gasteiger partial charge in [-0.2, -0.15) is 4.98 Å². The highest BCUT2D eigenvalue weighted by molar-refractivity contribution is 6.30. The lowest BCUT2D eigenvalue weighted by Gasteiger charge is -2.03. The average Bonchev–Trinajstić information content (AvgIpc) is 3.20. The predicted octanol–water partition coefficient (Wildman–Crippen LogP) is 3.30. The van der Waals surface area contributed by atoms with Gasteiger partial charge in [-0.1, -0.05) is 28.9 Å². The standard InChI is InChI=1S/C20H15ClN4O4/c21-13-7-5-12(6-8-13)19-24-17(29-25-19)11-28-18(26)10-9-16-22-15-4-2-1-3-14(15)20(27)23-16/h1-8H,9-11H2,(H,22,23,27). The summed E-state index contributed by atoms with van der Waals surface area (Å²) in [6, 6.07) is 14.0. The first-order valence-electron chi connectivity index (χ1n) is 8.80. The van der Waals surface area contributed by atoms with Gasteiger partial charge in [-0.05, 0) is 36.4 Å². The summed E-state index contributed by atoms with van der Waals surface area (Å²) >= 11 is 5.85. The Morgan fingerprint density at radius 2 is 1.90 bits per heavy atom. The van der Waals surface area contributed by atoms with Crippen molar-refractivity contribution in [3.63, 3.8) is 0 Å². The van der Waals surface area contributed by atoms with E-state index >= 15 is 0 Å². The van der Waals surface area contributed by atoms with E-state index in [-0.39, 0.29) is 30.9 Å². The summed E-state index contributed by atoms with van der Waals surface area (Å²) in [7, 11) is 0. The number of hydrogen-bond donors (Lipinski definition) is 1. The van der Waals surface area contributed by atoms with Crippen LogP contribution in [0.15, 0.2) is 57.8 Å². The SMILES string of the molecule is O=C(CCc1nc2ccccc2c(=O)[nH]1)OCc1nc(-c2ccc(Cl)cc2)no1. The van der Waals surface area contributed by atoms with Gasteiger partial charge in [-0.3, -0.25) is 9.59 Å². The summed E-state index contributed by atoms with van der Waals surface area (Å²) in [5.74, 6) is 0.520. The van der Waals surface area contributed by atoms with E-state index in [4.69, 9.17) is 20.9 Å². The van der Waals surface area contributed by atoms with Crippen LogP contribution in [-0.4, -0.2) is 26.1 Å². The molecule has 0 amide bonds. The van der Waals surface area contributed by atoms with Gasteiger partial charge >= 0.3 is 5.97 Å². The zero-order chi connectivity index (χ0) is 20.2. The van der Waals surface area contributed by atoms with Crippen molar-refractivity contribution in [1.29, 1.82) is 0 Å². The van der Waals surface area contributed by atoms with E-state index < -0.39 is 5.97 Å². The van der Waals surface area contributed by atoms with E-state index in [9.17, 15) is 9.59 Å². The van der Waals surface area contributed by atoms with E-state index in [1.54, 1.807) is 48.5 Å². The molecule has 2 aromatic carbocycles. The number of aryl methyl sites for hydroxylation is 1. The molecule has 9 heteroatoms. The summed E-state index contributed by atoms with van der Waals surface area (Å²) in [6.45, 7) is -0.138. The van der Waals surface area contributed by atoms with Crippen LogP contribution in [0.2, 0.25) is 5.02 Å². The topological polar surface area (TPSA) is 111 Å². The van der Waals surface area contributed by atoms with E-state index in [1.165, 1.54) is 0 Å². The lowest BCUT2D eigenvalue weighted by atomic mass is 10.2. The van der Waals surface area contributed by atoms with E-state index in [1.807, 2.05) is 0 Å². The third-order valence-electron chi connectivity index (χ3n) is 4.15. The summed E-state index contributed by atoms with van der Waals surface area (Å²) in [5, 5.41) is 4.97. The number of ether oxygens (including phenoxy) is 1. The minimum atomic E-state index is -0.466. The van der Waals surface area contributed by atoms with Crippen LogP contribution in [0.4, 0.5) is 0 Å². The Bertz CT molecular complexity index is 1220. The Hall–Kier alpha value is -3.52. The van der Waals surface area contributed by atoms with Crippen LogP contribution in [0.1, 0.15) is 18.1 Å². The molecule has 0 saturated heterocycles. The number of carbonyl (C=O) groups excluding carboxylic acids is 1. The van der Waals surface area contributed by atoms with Gasteiger partial charge in [0.25, 0.3) is 11.4 Å². The van der Waals surface area contributed by atoms with Gasteiger partial charge in [-0.15, -0.1) is 0 Å². The Balaban J connectivity index is 1.33. The Kier molecular flexibility index (Phi) is 5.35. The van der Waals surface area contributed by atoms with Crippen LogP contribution >= 0.6 is 11.6 Å². The van der Waals surface area contributed by atoms with Crippen molar-refractivity contribution in [2.75, 3.05) is 0 Å². The van der Waals surface area contributed by atoms with Crippen molar-refractivity contribution in [2.24, 2.45) is 0 Å². The molecule has 0 saturated carbocycles. The van der Waals surface area contributed by atoms with Gasteiger partial charge in [0, 0.05) is 17.0 Å². The molecule has 0 bridgehead atoms. The van der Waals surface area contributed by atoms with Crippen LogP contribution in [0.25, 0.3) is 22.3 Å². The number of para-hydroxylation sites is 1. The van der Waals surface area contributed by atoms with Crippen LogP contribution in [0, 0.1) is 0 Å². The Morgan fingerprint density at radius 1 is 1.10 bits per heavy atom. The van der Waals surface area contributed by atoms with Gasteiger partial charge in [0.2, 0.25) is 5.82 Å². The summed E-state index contributed by atoms with van der Waals surface area (Å²) in [5.41, 5.74) is 1.09. The molecule has 4 aromatic rings. The zero-order valence-corrected chi connectivity index (χ0v) is 15.8. The van der Waals surface area contributed by atoms with Gasteiger partial charge in [0.05, 0.1) is 17.3 Å². The molecule has 0 aliphatic heterocycles. The molecule has 0 fully saturated rings. The van der Waals surface area contributed by atoms with E-state index in [0.29, 0.717) is 27.6 Å². The number of fused-ring (bicyclic) bond motifs is 1. The number of H-pyrrole nitrogens is 1. The Labute approximate surface area is 169 Å². The second kappa shape index (κ2) is 8.24. The second-order valence-corrected chi connectivity index (χ2v) is 6.65. The third kappa shape index (κ3) is 4.49. The smallest absolute Gasteiger partial charge is 0.306 e. The average molecular weight is 411 g/mol. The molecule has 2 heterocycles. The maximum atomic E-state index is 12.0. The molecule has 0 atom stereocenters. The van der Waals surface area contributed by atoms with Crippen LogP contribution in [-0.2, 0) is 22.6 Å². The maximum absolute atomic E-state index is 12.0. The first kappa shape index (κ1) is 18.8. The first-order chi connectivity index (χ1) is 14.1. The quantitative estimate of drug-likeness (QED) is 0.485. The molecule has 1 N–H and O–H groups in total. The fourth-order valence-electron chi connectivity index (χ4n) is 2.72. The summed E-state index contributed by atoms with van der Waals surface area (Å²) in [6.07, 6.45) is 0.304. The van der Waals surface area contributed by atoms with Crippen molar-refractivity contribution in [3.05, 3.63) is 75.6 Å². The van der Waals surface area contributed by atoms with Crippen molar-refractivity contribution in [1.82, 2.24) is 20.1 Å². The largest absolute Gasteiger partial charge is 0.456 e. The van der Waals surface area contributed by atoms with Crippen molar-refractivity contribution in [3.8, 4) is 11.4 Å². The molecule has 29 heavy (non-hydrogen) atoms. The van der Waals surface area contributed by atoms with Crippen molar-refractivity contribution >= 4 is 28.5 Å². The number of halogens is 1. The number of carbonyl (C=O) groups is 1. The normalized spacial score (nSPS) is 10.9.